The average Bonchev–Trinajstić information content (AvgIpc) is 2.36. The Morgan fingerprint density at radius 2 is 2.14 bits per heavy atom. The highest BCUT2D eigenvalue weighted by atomic mass is 19.4. The van der Waals surface area contributed by atoms with E-state index in [0.717, 1.165) is 0 Å². The van der Waals surface area contributed by atoms with Crippen LogP contribution in [-0.4, -0.2) is 29.6 Å². The molecule has 1 saturated carbocycles. The minimum Gasteiger partial charge on any atom is -0.406 e. The number of halogens is 3. The second-order valence-corrected chi connectivity index (χ2v) is 5.80. The van der Waals surface area contributed by atoms with Gasteiger partial charge in [0.25, 0.3) is 0 Å². The molecular weight excluding hydrogens is 299 g/mol. The second-order valence-electron chi connectivity index (χ2n) is 5.80. The van der Waals surface area contributed by atoms with E-state index in [-0.39, 0.29) is 23.2 Å². The summed E-state index contributed by atoms with van der Waals surface area (Å²) >= 11 is 0. The number of ether oxygens (including phenoxy) is 1. The molecule has 1 aliphatic rings. The minimum absolute atomic E-state index is 0.0779. The van der Waals surface area contributed by atoms with Crippen molar-refractivity contribution in [2.75, 3.05) is 5.32 Å². The molecule has 22 heavy (non-hydrogen) atoms. The predicted molar refractivity (Wildman–Crippen MR) is 76.6 cm³/mol. The first-order valence-electron chi connectivity index (χ1n) is 6.72. The largest absolute Gasteiger partial charge is 0.573 e. The molecule has 122 valence electrons. The molecule has 1 aliphatic carbocycles. The number of rotatable bonds is 3. The SMILES string of the molecule is CC1(C)C(O)CC1N=C(N)Nc1cccc(OC(F)(F)F)c1. The number of nitrogens with one attached hydrogen (secondary N) is 1. The number of hydrogen-bond acceptors (Lipinski definition) is 3. The van der Waals surface area contributed by atoms with Crippen molar-refractivity contribution >= 4 is 11.6 Å². The van der Waals surface area contributed by atoms with Crippen LogP contribution in [0.2, 0.25) is 0 Å². The summed E-state index contributed by atoms with van der Waals surface area (Å²) in [4.78, 5) is 4.25. The van der Waals surface area contributed by atoms with E-state index in [1.807, 2.05) is 13.8 Å². The summed E-state index contributed by atoms with van der Waals surface area (Å²) in [5.41, 5.74) is 5.72. The topological polar surface area (TPSA) is 79.9 Å². The van der Waals surface area contributed by atoms with Crippen molar-refractivity contribution < 1.29 is 23.0 Å². The fraction of sp³-hybridized carbons (Fsp3) is 0.500. The fourth-order valence-corrected chi connectivity index (χ4v) is 2.22. The summed E-state index contributed by atoms with van der Waals surface area (Å²) in [7, 11) is 0. The van der Waals surface area contributed by atoms with Crippen molar-refractivity contribution in [3.63, 3.8) is 0 Å². The van der Waals surface area contributed by atoms with Gasteiger partial charge in [-0.15, -0.1) is 13.2 Å². The Bertz CT molecular complexity index is 573. The van der Waals surface area contributed by atoms with Gasteiger partial charge in [-0.3, -0.25) is 0 Å². The first kappa shape index (κ1) is 16.4. The average molecular weight is 317 g/mol. The molecule has 0 aliphatic heterocycles. The number of benzene rings is 1. The molecule has 0 radical (unpaired) electrons. The summed E-state index contributed by atoms with van der Waals surface area (Å²) in [6.07, 6.45) is -4.67. The molecule has 1 aromatic rings. The zero-order valence-corrected chi connectivity index (χ0v) is 12.2. The Balaban J connectivity index is 2.03. The summed E-state index contributed by atoms with van der Waals surface area (Å²) < 4.78 is 40.3. The summed E-state index contributed by atoms with van der Waals surface area (Å²) in [5, 5.41) is 12.4. The standard InChI is InChI=1S/C14H18F3N3O2/c1-13(2)10(7-11(13)21)20-12(18)19-8-4-3-5-9(6-8)22-14(15,16)17/h3-6,10-11,21H,7H2,1-2H3,(H3,18,19,20). The van der Waals surface area contributed by atoms with Crippen molar-refractivity contribution in [2.45, 2.75) is 38.8 Å². The second kappa shape index (κ2) is 5.68. The summed E-state index contributed by atoms with van der Waals surface area (Å²) in [6, 6.07) is 5.19. The maximum atomic E-state index is 12.2. The van der Waals surface area contributed by atoms with Gasteiger partial charge in [-0.05, 0) is 18.6 Å². The lowest BCUT2D eigenvalue weighted by Crippen LogP contribution is -2.53. The molecule has 2 unspecified atom stereocenters. The van der Waals surface area contributed by atoms with Crippen molar-refractivity contribution in [1.29, 1.82) is 0 Å². The zero-order chi connectivity index (χ0) is 16.5. The summed E-state index contributed by atoms with van der Waals surface area (Å²) in [5.74, 6) is -0.265. The lowest BCUT2D eigenvalue weighted by atomic mass is 9.65. The fourth-order valence-electron chi connectivity index (χ4n) is 2.22. The van der Waals surface area contributed by atoms with Crippen LogP contribution in [0.1, 0.15) is 20.3 Å². The van der Waals surface area contributed by atoms with Gasteiger partial charge in [-0.25, -0.2) is 4.99 Å². The van der Waals surface area contributed by atoms with Gasteiger partial charge in [0.05, 0.1) is 12.1 Å². The Kier molecular flexibility index (Phi) is 4.23. The molecule has 0 spiro atoms. The zero-order valence-electron chi connectivity index (χ0n) is 12.2. The van der Waals surface area contributed by atoms with Crippen LogP contribution in [0.4, 0.5) is 18.9 Å². The highest BCUT2D eigenvalue weighted by Crippen LogP contribution is 2.42. The van der Waals surface area contributed by atoms with Crippen LogP contribution in [0.15, 0.2) is 29.3 Å². The van der Waals surface area contributed by atoms with Crippen molar-refractivity contribution in [3.8, 4) is 5.75 Å². The number of aliphatic hydroxyl groups is 1. The number of aliphatic imine (C=N–C) groups is 1. The van der Waals surface area contributed by atoms with Crippen LogP contribution in [0.5, 0.6) is 5.75 Å². The molecule has 0 bridgehead atoms. The number of aliphatic hydroxyl groups excluding tert-OH is 1. The van der Waals surface area contributed by atoms with Crippen LogP contribution >= 0.6 is 0 Å². The van der Waals surface area contributed by atoms with Gasteiger partial charge < -0.3 is 20.9 Å². The van der Waals surface area contributed by atoms with Gasteiger partial charge in [0.15, 0.2) is 5.96 Å². The monoisotopic (exact) mass is 317 g/mol. The predicted octanol–water partition coefficient (Wildman–Crippen LogP) is 2.47. The Morgan fingerprint density at radius 1 is 1.45 bits per heavy atom. The third kappa shape index (κ3) is 3.82. The van der Waals surface area contributed by atoms with E-state index in [4.69, 9.17) is 5.73 Å². The Hall–Kier alpha value is -1.96. The number of nitrogens with zero attached hydrogens (tertiary/aromatic N) is 1. The first-order valence-corrected chi connectivity index (χ1v) is 6.72. The lowest BCUT2D eigenvalue weighted by Gasteiger charge is -2.46. The molecule has 2 rings (SSSR count). The van der Waals surface area contributed by atoms with Crippen LogP contribution < -0.4 is 15.8 Å². The van der Waals surface area contributed by atoms with E-state index in [2.05, 4.69) is 15.0 Å². The number of alkyl halides is 3. The molecule has 0 saturated heterocycles. The molecular formula is C14H18F3N3O2. The quantitative estimate of drug-likeness (QED) is 0.591. The van der Waals surface area contributed by atoms with Crippen LogP contribution in [-0.2, 0) is 0 Å². The molecule has 4 N–H and O–H groups in total. The van der Waals surface area contributed by atoms with Gasteiger partial charge in [-0.1, -0.05) is 19.9 Å². The van der Waals surface area contributed by atoms with E-state index >= 15 is 0 Å². The van der Waals surface area contributed by atoms with Gasteiger partial charge in [-0.2, -0.15) is 0 Å². The van der Waals surface area contributed by atoms with Crippen molar-refractivity contribution in [2.24, 2.45) is 16.1 Å². The van der Waals surface area contributed by atoms with Crippen molar-refractivity contribution in [3.05, 3.63) is 24.3 Å². The van der Waals surface area contributed by atoms with E-state index in [1.165, 1.54) is 18.2 Å². The minimum atomic E-state index is -4.75. The maximum absolute atomic E-state index is 12.2. The van der Waals surface area contributed by atoms with Crippen molar-refractivity contribution in [1.82, 2.24) is 0 Å². The molecule has 5 nitrogen and oxygen atoms in total. The molecule has 0 heterocycles. The lowest BCUT2D eigenvalue weighted by molar-refractivity contribution is -0.274. The molecule has 0 amide bonds. The van der Waals surface area contributed by atoms with Gasteiger partial charge >= 0.3 is 6.36 Å². The van der Waals surface area contributed by atoms with Crippen LogP contribution in [0.3, 0.4) is 0 Å². The third-order valence-corrected chi connectivity index (χ3v) is 3.80. The normalized spacial score (nSPS) is 24.5. The van der Waals surface area contributed by atoms with Crippen LogP contribution in [0.25, 0.3) is 0 Å². The molecule has 1 aromatic carbocycles. The molecule has 0 aromatic heterocycles. The number of hydrogen-bond donors (Lipinski definition) is 3. The van der Waals surface area contributed by atoms with E-state index in [0.29, 0.717) is 12.1 Å². The molecule has 8 heteroatoms. The number of guanidine groups is 1. The van der Waals surface area contributed by atoms with Gasteiger partial charge in [0, 0.05) is 17.2 Å². The molecule has 1 fully saturated rings. The summed E-state index contributed by atoms with van der Waals surface area (Å²) in [6.45, 7) is 3.75. The van der Waals surface area contributed by atoms with Gasteiger partial charge in [0.1, 0.15) is 5.75 Å². The van der Waals surface area contributed by atoms with Gasteiger partial charge in [0.2, 0.25) is 0 Å². The number of anilines is 1. The van der Waals surface area contributed by atoms with E-state index in [1.54, 1.807) is 6.07 Å². The van der Waals surface area contributed by atoms with Crippen LogP contribution in [0, 0.1) is 5.41 Å². The molecule has 2 atom stereocenters. The smallest absolute Gasteiger partial charge is 0.406 e. The Morgan fingerprint density at radius 3 is 2.68 bits per heavy atom. The van der Waals surface area contributed by atoms with E-state index in [9.17, 15) is 18.3 Å². The van der Waals surface area contributed by atoms with E-state index < -0.39 is 12.5 Å². The maximum Gasteiger partial charge on any atom is 0.573 e. The number of nitrogens with two attached hydrogens (primary N) is 1. The highest BCUT2D eigenvalue weighted by molar-refractivity contribution is 5.92. The first-order chi connectivity index (χ1) is 10.1. The third-order valence-electron chi connectivity index (χ3n) is 3.80. The highest BCUT2D eigenvalue weighted by Gasteiger charge is 2.47. The Labute approximate surface area is 126 Å².